The van der Waals surface area contributed by atoms with Gasteiger partial charge in [-0.15, -0.1) is 0 Å². The molecule has 0 aromatic heterocycles. The number of rotatable bonds is 49. The van der Waals surface area contributed by atoms with E-state index in [-0.39, 0.29) is 24.4 Å². The van der Waals surface area contributed by atoms with Crippen LogP contribution in [0.4, 0.5) is 0 Å². The Balaban J connectivity index is 4.49. The molecular formula is C53H102O5. The zero-order valence-electron chi connectivity index (χ0n) is 39.4. The quantitative estimate of drug-likeness (QED) is 0.0472. The van der Waals surface area contributed by atoms with Gasteiger partial charge in [0.05, 0.1) is 0 Å². The van der Waals surface area contributed by atoms with Crippen LogP contribution in [0.5, 0.6) is 0 Å². The van der Waals surface area contributed by atoms with Crippen molar-refractivity contribution in [2.24, 2.45) is 0 Å². The van der Waals surface area contributed by atoms with Crippen LogP contribution >= 0.6 is 0 Å². The Labute approximate surface area is 362 Å². The molecule has 5 heteroatoms. The molecule has 0 spiro atoms. The van der Waals surface area contributed by atoms with Crippen molar-refractivity contribution in [2.45, 2.75) is 309 Å². The second-order valence-corrected chi connectivity index (χ2v) is 18.1. The maximum Gasteiger partial charge on any atom is 0.164 e. The molecule has 2 unspecified atom stereocenters. The number of hydrogen-bond acceptors (Lipinski definition) is 5. The van der Waals surface area contributed by atoms with E-state index in [0.717, 1.165) is 64.2 Å². The van der Waals surface area contributed by atoms with Crippen molar-refractivity contribution in [3.05, 3.63) is 12.2 Å². The van der Waals surface area contributed by atoms with Gasteiger partial charge in [0, 0.05) is 19.4 Å². The SMILES string of the molecule is CCCCCCCC/C=C\CCCCCCCCOC(C(O)C(=O)CCCCCCCCCCCCCCC)C(O)C(=O)CCCCCCCCCCCCCCC. The van der Waals surface area contributed by atoms with Crippen LogP contribution in [0.2, 0.25) is 0 Å². The van der Waals surface area contributed by atoms with E-state index in [2.05, 4.69) is 32.9 Å². The highest BCUT2D eigenvalue weighted by Crippen LogP contribution is 2.19. The highest BCUT2D eigenvalue weighted by atomic mass is 16.5. The Morgan fingerprint density at radius 3 is 0.897 bits per heavy atom. The number of Topliss-reactive ketones (excluding diaryl/α,β-unsaturated/α-hetero) is 2. The van der Waals surface area contributed by atoms with Gasteiger partial charge in [0.1, 0.15) is 18.3 Å². The van der Waals surface area contributed by atoms with Crippen LogP contribution < -0.4 is 0 Å². The molecule has 0 aliphatic rings. The van der Waals surface area contributed by atoms with Gasteiger partial charge in [0.2, 0.25) is 0 Å². The first-order valence-electron chi connectivity index (χ1n) is 26.2. The topological polar surface area (TPSA) is 83.8 Å². The molecule has 0 amide bonds. The van der Waals surface area contributed by atoms with Crippen LogP contribution in [0.3, 0.4) is 0 Å². The van der Waals surface area contributed by atoms with Crippen molar-refractivity contribution in [3.63, 3.8) is 0 Å². The van der Waals surface area contributed by atoms with Gasteiger partial charge in [0.15, 0.2) is 11.6 Å². The number of aliphatic hydroxyl groups is 2. The molecule has 0 aromatic carbocycles. The second kappa shape index (κ2) is 47.0. The lowest BCUT2D eigenvalue weighted by Crippen LogP contribution is -2.47. The summed E-state index contributed by atoms with van der Waals surface area (Å²) in [5, 5.41) is 22.2. The number of aliphatic hydroxyl groups excluding tert-OH is 2. The standard InChI is InChI=1S/C53H102O5/c1-4-7-10-13-16-19-22-25-26-27-30-33-36-39-42-45-48-58-53(51(56)49(54)46-43-40-37-34-31-28-23-20-17-14-11-8-5-2)52(57)50(55)47-44-41-38-35-32-29-24-21-18-15-12-9-6-3/h25-26,51-53,56-57H,4-24,27-48H2,1-3H3/b26-25-. The molecule has 0 aromatic rings. The Hall–Kier alpha value is -1.04. The van der Waals surface area contributed by atoms with Gasteiger partial charge in [-0.05, 0) is 44.9 Å². The molecule has 5 nitrogen and oxygen atoms in total. The fourth-order valence-corrected chi connectivity index (χ4v) is 8.22. The highest BCUT2D eigenvalue weighted by Gasteiger charge is 2.36. The summed E-state index contributed by atoms with van der Waals surface area (Å²) in [6.45, 7) is 7.14. The zero-order valence-corrected chi connectivity index (χ0v) is 39.4. The average molecular weight is 819 g/mol. The fourth-order valence-electron chi connectivity index (χ4n) is 8.22. The van der Waals surface area contributed by atoms with Crippen LogP contribution in [0.1, 0.15) is 290 Å². The van der Waals surface area contributed by atoms with Crippen LogP contribution in [-0.4, -0.2) is 46.7 Å². The lowest BCUT2D eigenvalue weighted by Gasteiger charge is -2.26. The molecule has 0 saturated heterocycles. The summed E-state index contributed by atoms with van der Waals surface area (Å²) in [6.07, 6.45) is 50.3. The van der Waals surface area contributed by atoms with E-state index in [1.54, 1.807) is 0 Å². The molecule has 0 bridgehead atoms. The first-order chi connectivity index (χ1) is 28.5. The molecule has 0 heterocycles. The van der Waals surface area contributed by atoms with Gasteiger partial charge in [0.25, 0.3) is 0 Å². The maximum atomic E-state index is 13.1. The van der Waals surface area contributed by atoms with Gasteiger partial charge in [-0.2, -0.15) is 0 Å². The van der Waals surface area contributed by atoms with Crippen LogP contribution in [0.15, 0.2) is 12.2 Å². The number of hydrogen-bond donors (Lipinski definition) is 2. The molecular weight excluding hydrogens is 717 g/mol. The number of allylic oxidation sites excluding steroid dienone is 2. The number of carbonyl (C=O) groups is 2. The van der Waals surface area contributed by atoms with E-state index in [1.165, 1.54) is 193 Å². The Bertz CT molecular complexity index is 823. The summed E-state index contributed by atoms with van der Waals surface area (Å²) >= 11 is 0. The Kier molecular flexibility index (Phi) is 46.2. The lowest BCUT2D eigenvalue weighted by molar-refractivity contribution is -0.154. The summed E-state index contributed by atoms with van der Waals surface area (Å²) in [4.78, 5) is 26.2. The van der Waals surface area contributed by atoms with Gasteiger partial charge in [-0.3, -0.25) is 9.59 Å². The van der Waals surface area contributed by atoms with Gasteiger partial charge in [-0.25, -0.2) is 0 Å². The number of unbranched alkanes of at least 4 members (excludes halogenated alkanes) is 36. The van der Waals surface area contributed by atoms with Crippen LogP contribution in [0.25, 0.3) is 0 Å². The maximum absolute atomic E-state index is 13.1. The molecule has 2 atom stereocenters. The molecule has 0 aliphatic carbocycles. The van der Waals surface area contributed by atoms with Crippen LogP contribution in [-0.2, 0) is 14.3 Å². The number of ether oxygens (including phenoxy) is 1. The summed E-state index contributed by atoms with van der Waals surface area (Å²) in [6, 6.07) is 0. The van der Waals surface area contributed by atoms with Crippen molar-refractivity contribution in [1.82, 2.24) is 0 Å². The fraction of sp³-hybridized carbons (Fsp3) is 0.925. The molecule has 58 heavy (non-hydrogen) atoms. The summed E-state index contributed by atoms with van der Waals surface area (Å²) in [5.41, 5.74) is 0. The van der Waals surface area contributed by atoms with Gasteiger partial charge < -0.3 is 14.9 Å². The largest absolute Gasteiger partial charge is 0.382 e. The van der Waals surface area contributed by atoms with Crippen molar-refractivity contribution < 1.29 is 24.5 Å². The summed E-state index contributed by atoms with van der Waals surface area (Å²) < 4.78 is 6.01. The smallest absolute Gasteiger partial charge is 0.164 e. The first-order valence-corrected chi connectivity index (χ1v) is 26.2. The van der Waals surface area contributed by atoms with E-state index < -0.39 is 18.3 Å². The predicted molar refractivity (Wildman–Crippen MR) is 252 cm³/mol. The van der Waals surface area contributed by atoms with Gasteiger partial charge in [-0.1, -0.05) is 245 Å². The molecule has 0 fully saturated rings. The third-order valence-electron chi connectivity index (χ3n) is 12.3. The normalized spacial score (nSPS) is 13.4. The molecule has 0 rings (SSSR count). The minimum Gasteiger partial charge on any atom is -0.382 e. The van der Waals surface area contributed by atoms with E-state index in [1.807, 2.05) is 0 Å². The predicted octanol–water partition coefficient (Wildman–Crippen LogP) is 16.2. The average Bonchev–Trinajstić information content (AvgIpc) is 3.23. The van der Waals surface area contributed by atoms with E-state index in [9.17, 15) is 19.8 Å². The third kappa shape index (κ3) is 39.1. The zero-order chi connectivity index (χ0) is 42.4. The van der Waals surface area contributed by atoms with E-state index in [4.69, 9.17) is 4.74 Å². The van der Waals surface area contributed by atoms with E-state index in [0.29, 0.717) is 6.61 Å². The van der Waals surface area contributed by atoms with Crippen LogP contribution in [0, 0.1) is 0 Å². The Morgan fingerprint density at radius 1 is 0.362 bits per heavy atom. The summed E-state index contributed by atoms with van der Waals surface area (Å²) in [5.74, 6) is -0.608. The van der Waals surface area contributed by atoms with E-state index >= 15 is 0 Å². The van der Waals surface area contributed by atoms with Crippen molar-refractivity contribution in [3.8, 4) is 0 Å². The Morgan fingerprint density at radius 2 is 0.603 bits per heavy atom. The monoisotopic (exact) mass is 819 g/mol. The second-order valence-electron chi connectivity index (χ2n) is 18.1. The molecule has 0 saturated carbocycles. The minimum absolute atomic E-state index is 0.271. The highest BCUT2D eigenvalue weighted by molar-refractivity contribution is 5.87. The molecule has 0 radical (unpaired) electrons. The van der Waals surface area contributed by atoms with Gasteiger partial charge >= 0.3 is 0 Å². The molecule has 344 valence electrons. The minimum atomic E-state index is -1.46. The first kappa shape index (κ1) is 57.0. The van der Waals surface area contributed by atoms with Crippen molar-refractivity contribution >= 4 is 11.6 Å². The van der Waals surface area contributed by atoms with Crippen molar-refractivity contribution in [1.29, 1.82) is 0 Å². The molecule has 2 N–H and O–H groups in total. The molecule has 0 aliphatic heterocycles. The summed E-state index contributed by atoms with van der Waals surface area (Å²) in [7, 11) is 0. The van der Waals surface area contributed by atoms with Crippen molar-refractivity contribution in [2.75, 3.05) is 6.61 Å². The third-order valence-corrected chi connectivity index (χ3v) is 12.3. The number of carbonyl (C=O) groups excluding carboxylic acids is 2. The lowest BCUT2D eigenvalue weighted by atomic mass is 9.95. The number of ketones is 2.